The molecule has 0 aliphatic carbocycles. The van der Waals surface area contributed by atoms with Gasteiger partial charge in [0.15, 0.2) is 5.75 Å². The summed E-state index contributed by atoms with van der Waals surface area (Å²) in [6, 6.07) is 7.56. The standard InChI is InChI=1S/C11H8ClN3O/c1-15-10(12)6-8-11(14-15)16-9-5-3-2-4-7(9)13-8/h2-6H,1H3. The van der Waals surface area contributed by atoms with Gasteiger partial charge in [-0.15, -0.1) is 5.10 Å². The lowest BCUT2D eigenvalue weighted by Gasteiger charge is -2.23. The molecule has 1 aromatic carbocycles. The second-order valence-corrected chi connectivity index (χ2v) is 3.85. The number of halogens is 1. The summed E-state index contributed by atoms with van der Waals surface area (Å²) in [7, 11) is 1.76. The van der Waals surface area contributed by atoms with E-state index >= 15 is 0 Å². The topological polar surface area (TPSA) is 37.2 Å². The molecule has 0 saturated carbocycles. The van der Waals surface area contributed by atoms with Gasteiger partial charge in [-0.1, -0.05) is 23.7 Å². The highest BCUT2D eigenvalue weighted by Gasteiger charge is 2.23. The number of para-hydroxylation sites is 2. The maximum atomic E-state index is 5.96. The van der Waals surface area contributed by atoms with Gasteiger partial charge in [0.1, 0.15) is 16.6 Å². The summed E-state index contributed by atoms with van der Waals surface area (Å²) >= 11 is 5.96. The average molecular weight is 234 g/mol. The van der Waals surface area contributed by atoms with E-state index in [4.69, 9.17) is 16.3 Å². The summed E-state index contributed by atoms with van der Waals surface area (Å²) in [5, 5.41) is 6.25. The van der Waals surface area contributed by atoms with Crippen LogP contribution in [0.25, 0.3) is 0 Å². The predicted octanol–water partition coefficient (Wildman–Crippen LogP) is 2.49. The van der Waals surface area contributed by atoms with Gasteiger partial charge in [0, 0.05) is 13.1 Å². The first kappa shape index (κ1) is 9.42. The minimum absolute atomic E-state index is 0.477. The van der Waals surface area contributed by atoms with E-state index < -0.39 is 0 Å². The minimum Gasteiger partial charge on any atom is -0.434 e. The van der Waals surface area contributed by atoms with E-state index in [0.717, 1.165) is 5.69 Å². The number of benzene rings is 1. The third-order valence-corrected chi connectivity index (χ3v) is 2.69. The number of hydrogen-bond acceptors (Lipinski definition) is 4. The van der Waals surface area contributed by atoms with Crippen LogP contribution in [0.15, 0.2) is 45.6 Å². The number of ether oxygens (including phenoxy) is 1. The molecule has 4 nitrogen and oxygen atoms in total. The molecule has 0 N–H and O–H groups in total. The summed E-state index contributed by atoms with van der Waals surface area (Å²) in [5.74, 6) is 1.19. The molecule has 5 heteroatoms. The predicted molar refractivity (Wildman–Crippen MR) is 63.3 cm³/mol. The second kappa shape index (κ2) is 3.35. The lowest BCUT2D eigenvalue weighted by Crippen LogP contribution is -2.29. The summed E-state index contributed by atoms with van der Waals surface area (Å²) < 4.78 is 5.63. The second-order valence-electron chi connectivity index (χ2n) is 3.46. The van der Waals surface area contributed by atoms with Gasteiger partial charge < -0.3 is 4.74 Å². The molecule has 3 rings (SSSR count). The Morgan fingerprint density at radius 2 is 2.12 bits per heavy atom. The molecule has 0 unspecified atom stereocenters. The highest BCUT2D eigenvalue weighted by Crippen LogP contribution is 2.32. The van der Waals surface area contributed by atoms with Crippen molar-refractivity contribution in [3.05, 3.63) is 35.5 Å². The van der Waals surface area contributed by atoms with Crippen LogP contribution < -0.4 is 4.74 Å². The largest absolute Gasteiger partial charge is 0.434 e. The molecule has 1 aromatic rings. The minimum atomic E-state index is 0.477. The zero-order chi connectivity index (χ0) is 11.1. The lowest BCUT2D eigenvalue weighted by atomic mass is 10.2. The van der Waals surface area contributed by atoms with Crippen molar-refractivity contribution in [2.75, 3.05) is 7.05 Å². The molecule has 0 aromatic heterocycles. The molecule has 0 amide bonds. The lowest BCUT2D eigenvalue weighted by molar-refractivity contribution is 0.441. The summed E-state index contributed by atoms with van der Waals surface area (Å²) in [6.45, 7) is 0. The normalized spacial score (nSPS) is 17.6. The van der Waals surface area contributed by atoms with Crippen LogP contribution in [0.5, 0.6) is 5.75 Å². The van der Waals surface area contributed by atoms with Gasteiger partial charge in [-0.25, -0.2) is 4.99 Å². The quantitative estimate of drug-likeness (QED) is 0.646. The highest BCUT2D eigenvalue weighted by atomic mass is 35.5. The number of hydrazone groups is 1. The zero-order valence-corrected chi connectivity index (χ0v) is 9.27. The Morgan fingerprint density at radius 3 is 3.00 bits per heavy atom. The molecule has 2 aliphatic heterocycles. The molecular formula is C11H8ClN3O. The number of aliphatic imine (C=N–C) groups is 1. The molecule has 16 heavy (non-hydrogen) atoms. The van der Waals surface area contributed by atoms with Crippen LogP contribution in [-0.4, -0.2) is 23.7 Å². The summed E-state index contributed by atoms with van der Waals surface area (Å²) in [5.41, 5.74) is 1.45. The number of nitrogens with zero attached hydrogens (tertiary/aromatic N) is 3. The van der Waals surface area contributed by atoms with Gasteiger partial charge in [0.05, 0.1) is 0 Å². The van der Waals surface area contributed by atoms with Crippen LogP contribution in [0.2, 0.25) is 0 Å². The van der Waals surface area contributed by atoms with Crippen molar-refractivity contribution in [2.45, 2.75) is 0 Å². The first-order chi connectivity index (χ1) is 7.74. The molecular weight excluding hydrogens is 226 g/mol. The van der Waals surface area contributed by atoms with Crippen LogP contribution in [0.1, 0.15) is 0 Å². The van der Waals surface area contributed by atoms with E-state index in [1.165, 1.54) is 0 Å². The Bertz CT molecular complexity index is 548. The van der Waals surface area contributed by atoms with E-state index in [9.17, 15) is 0 Å². The monoisotopic (exact) mass is 233 g/mol. The molecule has 0 atom stereocenters. The average Bonchev–Trinajstić information content (AvgIpc) is 2.28. The van der Waals surface area contributed by atoms with Crippen molar-refractivity contribution in [2.24, 2.45) is 10.1 Å². The third-order valence-electron chi connectivity index (χ3n) is 2.34. The number of rotatable bonds is 0. The van der Waals surface area contributed by atoms with E-state index in [0.29, 0.717) is 22.5 Å². The van der Waals surface area contributed by atoms with Crippen molar-refractivity contribution in [1.29, 1.82) is 0 Å². The molecule has 0 saturated heterocycles. The van der Waals surface area contributed by atoms with Crippen molar-refractivity contribution in [3.63, 3.8) is 0 Å². The van der Waals surface area contributed by atoms with E-state index in [1.807, 2.05) is 24.3 Å². The molecule has 0 spiro atoms. The van der Waals surface area contributed by atoms with E-state index in [2.05, 4.69) is 10.1 Å². The molecule has 2 aliphatic rings. The highest BCUT2D eigenvalue weighted by molar-refractivity contribution is 6.48. The van der Waals surface area contributed by atoms with Crippen molar-refractivity contribution in [1.82, 2.24) is 5.01 Å². The fourth-order valence-electron chi connectivity index (χ4n) is 1.53. The Morgan fingerprint density at radius 1 is 1.31 bits per heavy atom. The Labute approximate surface area is 97.5 Å². The molecule has 2 heterocycles. The third kappa shape index (κ3) is 1.39. The van der Waals surface area contributed by atoms with Crippen LogP contribution in [0.4, 0.5) is 5.69 Å². The van der Waals surface area contributed by atoms with Crippen LogP contribution in [0.3, 0.4) is 0 Å². The fourth-order valence-corrected chi connectivity index (χ4v) is 1.67. The first-order valence-electron chi connectivity index (χ1n) is 4.79. The molecule has 0 fully saturated rings. The first-order valence-corrected chi connectivity index (χ1v) is 5.17. The Balaban J connectivity index is 2.13. The van der Waals surface area contributed by atoms with Crippen molar-refractivity contribution >= 4 is 28.9 Å². The van der Waals surface area contributed by atoms with Gasteiger partial charge in [-0.3, -0.25) is 5.01 Å². The van der Waals surface area contributed by atoms with E-state index in [-0.39, 0.29) is 0 Å². The smallest absolute Gasteiger partial charge is 0.263 e. The van der Waals surface area contributed by atoms with Gasteiger partial charge in [-0.2, -0.15) is 0 Å². The number of hydrogen-bond donors (Lipinski definition) is 0. The van der Waals surface area contributed by atoms with Gasteiger partial charge >= 0.3 is 0 Å². The van der Waals surface area contributed by atoms with Crippen LogP contribution >= 0.6 is 11.6 Å². The maximum Gasteiger partial charge on any atom is 0.263 e. The summed E-state index contributed by atoms with van der Waals surface area (Å²) in [4.78, 5) is 4.43. The Hall–Kier alpha value is -1.81. The van der Waals surface area contributed by atoms with E-state index in [1.54, 1.807) is 18.1 Å². The molecule has 80 valence electrons. The Kier molecular flexibility index (Phi) is 1.97. The van der Waals surface area contributed by atoms with Gasteiger partial charge in [0.2, 0.25) is 0 Å². The van der Waals surface area contributed by atoms with Crippen molar-refractivity contribution < 1.29 is 4.74 Å². The molecule has 0 bridgehead atoms. The molecule has 0 radical (unpaired) electrons. The fraction of sp³-hybridized carbons (Fsp3) is 0.0909. The van der Waals surface area contributed by atoms with Crippen molar-refractivity contribution in [3.8, 4) is 5.75 Å². The van der Waals surface area contributed by atoms with Gasteiger partial charge in [-0.05, 0) is 12.1 Å². The summed E-state index contributed by atoms with van der Waals surface area (Å²) in [6.07, 6.45) is 1.74. The van der Waals surface area contributed by atoms with Gasteiger partial charge in [0.25, 0.3) is 5.90 Å². The van der Waals surface area contributed by atoms with Crippen LogP contribution in [0, 0.1) is 0 Å². The SMILES string of the molecule is CN1N=C2Oc3ccccc3N=C2C=C1Cl. The maximum absolute atomic E-state index is 5.96. The number of fused-ring (bicyclic) bond motifs is 2. The van der Waals surface area contributed by atoms with Crippen LogP contribution in [-0.2, 0) is 0 Å². The zero-order valence-electron chi connectivity index (χ0n) is 8.51.